The number of aryl methyl sites for hydroxylation is 1. The van der Waals surface area contributed by atoms with Gasteiger partial charge in [-0.15, -0.1) is 0 Å². The third-order valence-electron chi connectivity index (χ3n) is 5.96. The molecule has 1 atom stereocenters. The van der Waals surface area contributed by atoms with Gasteiger partial charge in [-0.2, -0.15) is 0 Å². The van der Waals surface area contributed by atoms with Crippen molar-refractivity contribution in [1.29, 1.82) is 0 Å². The van der Waals surface area contributed by atoms with Gasteiger partial charge in [-0.1, -0.05) is 91.0 Å². The highest BCUT2D eigenvalue weighted by molar-refractivity contribution is 7.92. The molecule has 0 aromatic heterocycles. The van der Waals surface area contributed by atoms with E-state index in [1.807, 2.05) is 61.5 Å². The van der Waals surface area contributed by atoms with Gasteiger partial charge in [-0.05, 0) is 47.9 Å². The van der Waals surface area contributed by atoms with E-state index in [0.717, 1.165) is 16.7 Å². The van der Waals surface area contributed by atoms with Gasteiger partial charge >= 0.3 is 0 Å². The fraction of sp³-hybridized carbons (Fsp3) is 0.200. The number of anilines is 1. The monoisotopic (exact) mass is 500 g/mol. The van der Waals surface area contributed by atoms with Gasteiger partial charge in [-0.3, -0.25) is 9.21 Å². The summed E-state index contributed by atoms with van der Waals surface area (Å²) in [6.45, 7) is 3.47. The SMILES string of the molecule is Cc1cccc(N(C[C@@H](O)CN(Cc2ccccc2)Cc2ccccc2)S(=O)(=O)c2ccccc2)c1. The number of nitrogens with zero attached hydrogens (tertiary/aromatic N) is 2. The van der Waals surface area contributed by atoms with Crippen LogP contribution in [0.1, 0.15) is 16.7 Å². The lowest BCUT2D eigenvalue weighted by Gasteiger charge is -2.30. The Morgan fingerprint density at radius 1 is 0.694 bits per heavy atom. The normalized spacial score (nSPS) is 12.4. The highest BCUT2D eigenvalue weighted by atomic mass is 32.2. The first-order valence-electron chi connectivity index (χ1n) is 12.0. The molecule has 0 amide bonds. The zero-order chi connectivity index (χ0) is 25.4. The molecule has 0 aliphatic rings. The molecule has 4 aromatic rings. The van der Waals surface area contributed by atoms with E-state index >= 15 is 0 Å². The van der Waals surface area contributed by atoms with Crippen LogP contribution in [-0.2, 0) is 23.1 Å². The molecule has 0 saturated carbocycles. The number of aliphatic hydroxyl groups excluding tert-OH is 1. The topological polar surface area (TPSA) is 60.9 Å². The van der Waals surface area contributed by atoms with E-state index in [0.29, 0.717) is 25.3 Å². The highest BCUT2D eigenvalue weighted by Gasteiger charge is 2.28. The Bertz CT molecular complexity index is 1290. The van der Waals surface area contributed by atoms with E-state index in [4.69, 9.17) is 0 Å². The lowest BCUT2D eigenvalue weighted by Crippen LogP contribution is -2.42. The number of aliphatic hydroxyl groups is 1. The zero-order valence-electron chi connectivity index (χ0n) is 20.4. The minimum Gasteiger partial charge on any atom is -0.390 e. The number of benzene rings is 4. The van der Waals surface area contributed by atoms with E-state index in [2.05, 4.69) is 29.2 Å². The van der Waals surface area contributed by atoms with Gasteiger partial charge in [0.25, 0.3) is 10.0 Å². The predicted molar refractivity (Wildman–Crippen MR) is 145 cm³/mol. The molecule has 4 aromatic carbocycles. The molecule has 0 aliphatic carbocycles. The van der Waals surface area contributed by atoms with Gasteiger partial charge in [-0.25, -0.2) is 8.42 Å². The van der Waals surface area contributed by atoms with Gasteiger partial charge < -0.3 is 5.11 Å². The molecule has 36 heavy (non-hydrogen) atoms. The first-order valence-corrected chi connectivity index (χ1v) is 13.5. The number of hydrogen-bond acceptors (Lipinski definition) is 4. The number of hydrogen-bond donors (Lipinski definition) is 1. The van der Waals surface area contributed by atoms with Crippen molar-refractivity contribution in [2.75, 3.05) is 17.4 Å². The summed E-state index contributed by atoms with van der Waals surface area (Å²) in [5.74, 6) is 0. The molecule has 0 fully saturated rings. The second kappa shape index (κ2) is 12.0. The van der Waals surface area contributed by atoms with Gasteiger partial charge in [0.2, 0.25) is 0 Å². The number of rotatable bonds is 11. The van der Waals surface area contributed by atoms with Crippen molar-refractivity contribution in [3.05, 3.63) is 132 Å². The molecule has 0 saturated heterocycles. The minimum atomic E-state index is -3.86. The van der Waals surface area contributed by atoms with Gasteiger partial charge in [0.15, 0.2) is 0 Å². The fourth-order valence-electron chi connectivity index (χ4n) is 4.26. The summed E-state index contributed by atoms with van der Waals surface area (Å²) >= 11 is 0. The highest BCUT2D eigenvalue weighted by Crippen LogP contribution is 2.25. The van der Waals surface area contributed by atoms with Crippen LogP contribution >= 0.6 is 0 Å². The summed E-state index contributed by atoms with van der Waals surface area (Å²) in [7, 11) is -3.86. The van der Waals surface area contributed by atoms with Gasteiger partial charge in [0.1, 0.15) is 0 Å². The molecule has 0 radical (unpaired) electrons. The average Bonchev–Trinajstić information content (AvgIpc) is 2.89. The first kappa shape index (κ1) is 25.6. The molecule has 1 N–H and O–H groups in total. The van der Waals surface area contributed by atoms with Crippen molar-refractivity contribution in [3.8, 4) is 0 Å². The summed E-state index contributed by atoms with van der Waals surface area (Å²) in [6, 6.07) is 35.9. The average molecular weight is 501 g/mol. The zero-order valence-corrected chi connectivity index (χ0v) is 21.3. The van der Waals surface area contributed by atoms with Crippen molar-refractivity contribution in [2.24, 2.45) is 0 Å². The molecular weight excluding hydrogens is 468 g/mol. The molecule has 0 unspecified atom stereocenters. The molecule has 0 spiro atoms. The Labute approximate surface area is 214 Å². The van der Waals surface area contributed by atoms with Crippen molar-refractivity contribution < 1.29 is 13.5 Å². The molecule has 5 nitrogen and oxygen atoms in total. The molecule has 0 aliphatic heterocycles. The maximum absolute atomic E-state index is 13.6. The Balaban J connectivity index is 1.59. The van der Waals surface area contributed by atoms with Crippen LogP contribution in [0.25, 0.3) is 0 Å². The Morgan fingerprint density at radius 2 is 1.22 bits per heavy atom. The van der Waals surface area contributed by atoms with Crippen molar-refractivity contribution in [1.82, 2.24) is 4.90 Å². The lowest BCUT2D eigenvalue weighted by atomic mass is 10.1. The van der Waals surface area contributed by atoms with Crippen LogP contribution < -0.4 is 4.31 Å². The predicted octanol–water partition coefficient (Wildman–Crippen LogP) is 5.25. The maximum atomic E-state index is 13.6. The van der Waals surface area contributed by atoms with E-state index in [9.17, 15) is 13.5 Å². The summed E-state index contributed by atoms with van der Waals surface area (Å²) < 4.78 is 28.6. The Hall–Kier alpha value is -3.45. The molecule has 186 valence electrons. The summed E-state index contributed by atoms with van der Waals surface area (Å²) in [4.78, 5) is 2.35. The molecule has 6 heteroatoms. The minimum absolute atomic E-state index is 0.0548. The molecule has 0 heterocycles. The van der Waals surface area contributed by atoms with E-state index in [1.54, 1.807) is 36.4 Å². The summed E-state index contributed by atoms with van der Waals surface area (Å²) in [6.07, 6.45) is -0.906. The van der Waals surface area contributed by atoms with E-state index in [1.165, 1.54) is 4.31 Å². The summed E-state index contributed by atoms with van der Waals surface area (Å²) in [5.41, 5.74) is 3.75. The molecular formula is C30H32N2O3S. The van der Waals surface area contributed by atoms with Crippen LogP contribution in [0.5, 0.6) is 0 Å². The van der Waals surface area contributed by atoms with Crippen LogP contribution in [-0.4, -0.2) is 37.6 Å². The van der Waals surface area contributed by atoms with E-state index < -0.39 is 16.1 Å². The smallest absolute Gasteiger partial charge is 0.264 e. The van der Waals surface area contributed by atoms with Gasteiger partial charge in [0.05, 0.1) is 23.2 Å². The molecule has 0 bridgehead atoms. The standard InChI is InChI=1S/C30H32N2O3S/c1-25-12-11-17-28(20-25)32(36(34,35)30-18-9-4-10-19-30)24-29(33)23-31(21-26-13-5-2-6-14-26)22-27-15-7-3-8-16-27/h2-20,29,33H,21-24H2,1H3/t29-/m0/s1. The second-order valence-corrected chi connectivity index (χ2v) is 10.8. The number of sulfonamides is 1. The maximum Gasteiger partial charge on any atom is 0.264 e. The summed E-state index contributed by atoms with van der Waals surface area (Å²) in [5, 5.41) is 11.2. The lowest BCUT2D eigenvalue weighted by molar-refractivity contribution is 0.111. The third kappa shape index (κ3) is 6.82. The quantitative estimate of drug-likeness (QED) is 0.305. The van der Waals surface area contributed by atoms with Crippen LogP contribution in [0.4, 0.5) is 5.69 Å². The third-order valence-corrected chi connectivity index (χ3v) is 7.77. The van der Waals surface area contributed by atoms with Crippen LogP contribution in [0.15, 0.2) is 120 Å². The van der Waals surface area contributed by atoms with Crippen LogP contribution in [0.2, 0.25) is 0 Å². The molecule has 4 rings (SSSR count). The fourth-order valence-corrected chi connectivity index (χ4v) is 5.78. The Morgan fingerprint density at radius 3 is 1.75 bits per heavy atom. The van der Waals surface area contributed by atoms with Crippen LogP contribution in [0, 0.1) is 6.92 Å². The van der Waals surface area contributed by atoms with Gasteiger partial charge in [0, 0.05) is 19.6 Å². The van der Waals surface area contributed by atoms with E-state index in [-0.39, 0.29) is 11.4 Å². The van der Waals surface area contributed by atoms with Crippen molar-refractivity contribution in [3.63, 3.8) is 0 Å². The van der Waals surface area contributed by atoms with Crippen molar-refractivity contribution >= 4 is 15.7 Å². The van der Waals surface area contributed by atoms with Crippen LogP contribution in [0.3, 0.4) is 0 Å². The first-order chi connectivity index (χ1) is 17.4. The second-order valence-electron chi connectivity index (χ2n) is 8.98. The Kier molecular flexibility index (Phi) is 8.54. The van der Waals surface area contributed by atoms with Crippen molar-refractivity contribution in [2.45, 2.75) is 31.0 Å². The largest absolute Gasteiger partial charge is 0.390 e.